The molecule has 3 rings (SSSR count). The summed E-state index contributed by atoms with van der Waals surface area (Å²) < 4.78 is -1.03. The third-order valence-electron chi connectivity index (χ3n) is 3.72. The number of rotatable bonds is 1. The Morgan fingerprint density at radius 3 is 2.70 bits per heavy atom. The highest BCUT2D eigenvalue weighted by molar-refractivity contribution is 14.1. The van der Waals surface area contributed by atoms with Gasteiger partial charge >= 0.3 is 0 Å². The fourth-order valence-electron chi connectivity index (χ4n) is 2.58. The van der Waals surface area contributed by atoms with Crippen molar-refractivity contribution in [3.8, 4) is 0 Å². The normalized spacial score (nSPS) is 25.6. The van der Waals surface area contributed by atoms with Gasteiger partial charge in [0, 0.05) is 23.2 Å². The van der Waals surface area contributed by atoms with Crippen LogP contribution < -0.4 is 11.1 Å². The zero-order chi connectivity index (χ0) is 14.5. The van der Waals surface area contributed by atoms with Crippen LogP contribution in [-0.4, -0.2) is 26.2 Å². The van der Waals surface area contributed by atoms with Gasteiger partial charge in [-0.1, -0.05) is 6.07 Å². The van der Waals surface area contributed by atoms with Crippen LogP contribution in [0.2, 0.25) is 0 Å². The van der Waals surface area contributed by atoms with Gasteiger partial charge in [-0.05, 0) is 41.1 Å². The molecule has 1 atom stereocenters. The molecule has 2 aliphatic heterocycles. The van der Waals surface area contributed by atoms with Gasteiger partial charge in [0.25, 0.3) is 11.8 Å². The fraction of sp³-hybridized carbons (Fsp3) is 0.308. The van der Waals surface area contributed by atoms with Crippen molar-refractivity contribution in [3.63, 3.8) is 0 Å². The zero-order valence-corrected chi connectivity index (χ0v) is 12.6. The van der Waals surface area contributed by atoms with E-state index < -0.39 is 9.45 Å². The Kier molecular flexibility index (Phi) is 2.96. The molecule has 104 valence electrons. The molecule has 0 radical (unpaired) electrons. The molecule has 0 bridgehead atoms. The van der Waals surface area contributed by atoms with Crippen LogP contribution in [0, 0.1) is 0 Å². The SMILES string of the molecule is Nc1cccc2c1CN(C1(I)CCC(=O)NC1=O)C2=O. The summed E-state index contributed by atoms with van der Waals surface area (Å²) >= 11 is 1.95. The average molecular weight is 385 g/mol. The lowest BCUT2D eigenvalue weighted by Crippen LogP contribution is -2.59. The highest BCUT2D eigenvalue weighted by atomic mass is 127. The van der Waals surface area contributed by atoms with Gasteiger partial charge in [-0.2, -0.15) is 0 Å². The van der Waals surface area contributed by atoms with E-state index in [1.54, 1.807) is 18.2 Å². The lowest BCUT2D eigenvalue weighted by Gasteiger charge is -2.37. The number of piperidine rings is 1. The molecule has 3 amide bonds. The number of halogens is 1. The summed E-state index contributed by atoms with van der Waals surface area (Å²) in [4.78, 5) is 37.4. The van der Waals surface area contributed by atoms with Crippen molar-refractivity contribution in [2.45, 2.75) is 22.9 Å². The Morgan fingerprint density at radius 1 is 1.30 bits per heavy atom. The number of hydrogen-bond acceptors (Lipinski definition) is 4. The van der Waals surface area contributed by atoms with E-state index in [4.69, 9.17) is 5.73 Å². The van der Waals surface area contributed by atoms with E-state index in [0.717, 1.165) is 5.56 Å². The number of anilines is 1. The van der Waals surface area contributed by atoms with E-state index in [0.29, 0.717) is 24.2 Å². The minimum Gasteiger partial charge on any atom is -0.398 e. The van der Waals surface area contributed by atoms with Gasteiger partial charge in [0.05, 0.1) is 6.54 Å². The Morgan fingerprint density at radius 2 is 2.05 bits per heavy atom. The molecule has 3 N–H and O–H groups in total. The molecular weight excluding hydrogens is 373 g/mol. The van der Waals surface area contributed by atoms with Crippen LogP contribution in [0.3, 0.4) is 0 Å². The third kappa shape index (κ3) is 1.80. The van der Waals surface area contributed by atoms with Gasteiger partial charge in [-0.15, -0.1) is 0 Å². The van der Waals surface area contributed by atoms with Gasteiger partial charge < -0.3 is 10.6 Å². The first-order valence-corrected chi connectivity index (χ1v) is 7.24. The number of carbonyl (C=O) groups excluding carboxylic acids is 3. The first-order chi connectivity index (χ1) is 9.43. The lowest BCUT2D eigenvalue weighted by atomic mass is 10.0. The number of nitrogens with two attached hydrogens (primary N) is 1. The largest absolute Gasteiger partial charge is 0.398 e. The zero-order valence-electron chi connectivity index (χ0n) is 10.5. The predicted molar refractivity (Wildman–Crippen MR) is 79.9 cm³/mol. The molecule has 0 spiro atoms. The molecule has 2 heterocycles. The number of nitrogen functional groups attached to an aromatic ring is 1. The van der Waals surface area contributed by atoms with Crippen molar-refractivity contribution in [3.05, 3.63) is 29.3 Å². The fourth-order valence-corrected chi connectivity index (χ4v) is 3.37. The molecule has 1 unspecified atom stereocenters. The van der Waals surface area contributed by atoms with Crippen molar-refractivity contribution in [1.82, 2.24) is 10.2 Å². The van der Waals surface area contributed by atoms with E-state index in [9.17, 15) is 14.4 Å². The number of carbonyl (C=O) groups is 3. The summed E-state index contributed by atoms with van der Waals surface area (Å²) in [5.41, 5.74) is 7.72. The lowest BCUT2D eigenvalue weighted by molar-refractivity contribution is -0.137. The first kappa shape index (κ1) is 13.3. The molecule has 7 heteroatoms. The molecule has 0 aliphatic carbocycles. The first-order valence-electron chi connectivity index (χ1n) is 6.16. The number of imide groups is 1. The highest BCUT2D eigenvalue weighted by Gasteiger charge is 2.50. The monoisotopic (exact) mass is 385 g/mol. The summed E-state index contributed by atoms with van der Waals surface area (Å²) in [6, 6.07) is 5.17. The van der Waals surface area contributed by atoms with Crippen LogP contribution in [0.25, 0.3) is 0 Å². The van der Waals surface area contributed by atoms with Crippen molar-refractivity contribution in [2.24, 2.45) is 0 Å². The molecule has 1 fully saturated rings. The van der Waals surface area contributed by atoms with Crippen LogP contribution in [0.15, 0.2) is 18.2 Å². The summed E-state index contributed by atoms with van der Waals surface area (Å²) in [6.45, 7) is 0.297. The van der Waals surface area contributed by atoms with E-state index in [2.05, 4.69) is 5.32 Å². The second kappa shape index (κ2) is 4.44. The van der Waals surface area contributed by atoms with Gasteiger partial charge in [0.1, 0.15) is 0 Å². The molecule has 1 aromatic rings. The quantitative estimate of drug-likeness (QED) is 0.246. The number of amides is 3. The minimum absolute atomic E-state index is 0.216. The summed E-state index contributed by atoms with van der Waals surface area (Å²) in [7, 11) is 0. The standard InChI is InChI=1S/C13H12IN3O3/c14-13(5-4-10(18)16-12(13)20)17-6-8-7(11(17)19)2-1-3-9(8)15/h1-3H,4-6,15H2,(H,16,18,20). The average Bonchev–Trinajstić information content (AvgIpc) is 2.75. The maximum atomic E-state index is 12.5. The van der Waals surface area contributed by atoms with E-state index in [-0.39, 0.29) is 18.2 Å². The van der Waals surface area contributed by atoms with E-state index in [1.807, 2.05) is 22.6 Å². The van der Waals surface area contributed by atoms with Crippen LogP contribution in [-0.2, 0) is 16.1 Å². The topological polar surface area (TPSA) is 92.5 Å². The van der Waals surface area contributed by atoms with Gasteiger partial charge in [0.15, 0.2) is 3.55 Å². The Labute approximate surface area is 128 Å². The Bertz CT molecular complexity index is 646. The van der Waals surface area contributed by atoms with Crippen LogP contribution >= 0.6 is 22.6 Å². The predicted octanol–water partition coefficient (Wildman–Crippen LogP) is 0.792. The second-order valence-corrected chi connectivity index (χ2v) is 6.69. The summed E-state index contributed by atoms with van der Waals surface area (Å²) in [6.07, 6.45) is 0.544. The Hall–Kier alpha value is -1.64. The number of nitrogens with zero attached hydrogens (tertiary/aromatic N) is 1. The van der Waals surface area contributed by atoms with E-state index >= 15 is 0 Å². The van der Waals surface area contributed by atoms with Crippen molar-refractivity contribution in [1.29, 1.82) is 0 Å². The minimum atomic E-state index is -1.03. The Balaban J connectivity index is 1.98. The number of hydrogen-bond donors (Lipinski definition) is 2. The molecule has 6 nitrogen and oxygen atoms in total. The van der Waals surface area contributed by atoms with Crippen LogP contribution in [0.5, 0.6) is 0 Å². The molecule has 1 aromatic carbocycles. The van der Waals surface area contributed by atoms with Crippen molar-refractivity contribution >= 4 is 46.0 Å². The van der Waals surface area contributed by atoms with Crippen molar-refractivity contribution in [2.75, 3.05) is 5.73 Å². The number of nitrogens with one attached hydrogen (secondary N) is 1. The summed E-state index contributed by atoms with van der Waals surface area (Å²) in [5, 5.41) is 2.30. The molecular formula is C13H12IN3O3. The van der Waals surface area contributed by atoms with Crippen LogP contribution in [0.1, 0.15) is 28.8 Å². The molecule has 0 saturated carbocycles. The summed E-state index contributed by atoms with van der Waals surface area (Å²) in [5.74, 6) is -0.953. The number of alkyl halides is 1. The smallest absolute Gasteiger partial charge is 0.262 e. The maximum Gasteiger partial charge on any atom is 0.262 e. The third-order valence-corrected chi connectivity index (χ3v) is 5.33. The van der Waals surface area contributed by atoms with Gasteiger partial charge in [0.2, 0.25) is 5.91 Å². The molecule has 2 aliphatic rings. The van der Waals surface area contributed by atoms with Crippen LogP contribution in [0.4, 0.5) is 5.69 Å². The number of fused-ring (bicyclic) bond motifs is 1. The molecule has 20 heavy (non-hydrogen) atoms. The number of benzene rings is 1. The second-order valence-electron chi connectivity index (χ2n) is 4.90. The highest BCUT2D eigenvalue weighted by Crippen LogP contribution is 2.40. The molecule has 0 aromatic heterocycles. The maximum absolute atomic E-state index is 12.5. The van der Waals surface area contributed by atoms with Crippen molar-refractivity contribution < 1.29 is 14.4 Å². The molecule has 1 saturated heterocycles. The van der Waals surface area contributed by atoms with E-state index in [1.165, 1.54) is 4.90 Å². The van der Waals surface area contributed by atoms with Gasteiger partial charge in [-0.25, -0.2) is 0 Å². The van der Waals surface area contributed by atoms with Gasteiger partial charge in [-0.3, -0.25) is 19.7 Å².